The Kier molecular flexibility index (Phi) is 5.50. The fourth-order valence-electron chi connectivity index (χ4n) is 2.58. The molecule has 3 heteroatoms. The summed E-state index contributed by atoms with van der Waals surface area (Å²) in [6.45, 7) is 3.94. The highest BCUT2D eigenvalue weighted by molar-refractivity contribution is 5.89. The van der Waals surface area contributed by atoms with E-state index in [1.165, 1.54) is 7.11 Å². The summed E-state index contributed by atoms with van der Waals surface area (Å²) in [7, 11) is 3.00. The summed E-state index contributed by atoms with van der Waals surface area (Å²) in [4.78, 5) is 12.0. The molecule has 3 nitrogen and oxygen atoms in total. The average molecular weight is 296 g/mol. The van der Waals surface area contributed by atoms with E-state index in [0.29, 0.717) is 5.57 Å². The number of hydrogen-bond donors (Lipinski definition) is 0. The standard InChI is InChI=1S/C19H20O3/c1-14(19(20)22-3)17(15-10-6-4-7-11-15)18(21-2)16-12-8-5-9-13-16/h4-13,17-18H,1H2,2-3H3/t17-,18+/m0/s1. The van der Waals surface area contributed by atoms with Gasteiger partial charge in [-0.25, -0.2) is 4.79 Å². The number of hydrogen-bond acceptors (Lipinski definition) is 3. The third-order valence-electron chi connectivity index (χ3n) is 3.67. The van der Waals surface area contributed by atoms with Crippen molar-refractivity contribution in [2.24, 2.45) is 0 Å². The van der Waals surface area contributed by atoms with Crippen LogP contribution in [0.25, 0.3) is 0 Å². The fourth-order valence-corrected chi connectivity index (χ4v) is 2.58. The highest BCUT2D eigenvalue weighted by Crippen LogP contribution is 2.38. The largest absolute Gasteiger partial charge is 0.466 e. The van der Waals surface area contributed by atoms with Crippen molar-refractivity contribution < 1.29 is 14.3 Å². The van der Waals surface area contributed by atoms with E-state index in [2.05, 4.69) is 6.58 Å². The van der Waals surface area contributed by atoms with Crippen molar-refractivity contribution >= 4 is 5.97 Å². The number of benzene rings is 2. The summed E-state index contributed by atoms with van der Waals surface area (Å²) in [5.41, 5.74) is 2.34. The Morgan fingerprint density at radius 2 is 1.41 bits per heavy atom. The molecule has 0 aliphatic rings. The minimum Gasteiger partial charge on any atom is -0.466 e. The van der Waals surface area contributed by atoms with Crippen molar-refractivity contribution in [2.75, 3.05) is 14.2 Å². The second-order valence-electron chi connectivity index (χ2n) is 4.97. The number of rotatable bonds is 6. The van der Waals surface area contributed by atoms with Gasteiger partial charge < -0.3 is 9.47 Å². The normalized spacial score (nSPS) is 13.2. The van der Waals surface area contributed by atoms with Gasteiger partial charge in [0.2, 0.25) is 0 Å². The first-order valence-electron chi connectivity index (χ1n) is 7.08. The van der Waals surface area contributed by atoms with E-state index in [1.807, 2.05) is 60.7 Å². The zero-order valence-electron chi connectivity index (χ0n) is 12.9. The van der Waals surface area contributed by atoms with Gasteiger partial charge >= 0.3 is 5.97 Å². The van der Waals surface area contributed by atoms with Crippen molar-refractivity contribution in [1.29, 1.82) is 0 Å². The van der Waals surface area contributed by atoms with Crippen LogP contribution < -0.4 is 0 Å². The van der Waals surface area contributed by atoms with Crippen LogP contribution in [0.2, 0.25) is 0 Å². The average Bonchev–Trinajstić information content (AvgIpc) is 2.59. The third-order valence-corrected chi connectivity index (χ3v) is 3.67. The molecule has 0 saturated carbocycles. The lowest BCUT2D eigenvalue weighted by molar-refractivity contribution is -0.136. The van der Waals surface area contributed by atoms with Crippen LogP contribution in [0.5, 0.6) is 0 Å². The molecule has 114 valence electrons. The SMILES string of the molecule is C=C(C(=O)OC)[C@@H](c1ccccc1)[C@H](OC)c1ccccc1. The van der Waals surface area contributed by atoms with Crippen LogP contribution in [0.3, 0.4) is 0 Å². The molecule has 0 N–H and O–H groups in total. The molecule has 2 aromatic rings. The van der Waals surface area contributed by atoms with Crippen molar-refractivity contribution in [3.8, 4) is 0 Å². The van der Waals surface area contributed by atoms with Crippen molar-refractivity contribution in [2.45, 2.75) is 12.0 Å². The van der Waals surface area contributed by atoms with Crippen LogP contribution in [-0.2, 0) is 14.3 Å². The van der Waals surface area contributed by atoms with E-state index in [1.54, 1.807) is 7.11 Å². The fraction of sp³-hybridized carbons (Fsp3) is 0.211. The molecule has 0 spiro atoms. The Hall–Kier alpha value is -2.39. The molecule has 2 aromatic carbocycles. The summed E-state index contributed by atoms with van der Waals surface area (Å²) in [6, 6.07) is 19.5. The molecular weight excluding hydrogens is 276 g/mol. The minimum atomic E-state index is -0.424. The monoisotopic (exact) mass is 296 g/mol. The van der Waals surface area contributed by atoms with Gasteiger partial charge in [-0.1, -0.05) is 67.2 Å². The van der Waals surface area contributed by atoms with Gasteiger partial charge in [0.05, 0.1) is 13.2 Å². The summed E-state index contributed by atoms with van der Waals surface area (Å²) < 4.78 is 10.6. The molecule has 0 fully saturated rings. The maximum atomic E-state index is 12.0. The van der Waals surface area contributed by atoms with Crippen LogP contribution in [0.15, 0.2) is 72.8 Å². The van der Waals surface area contributed by atoms with Crippen LogP contribution in [-0.4, -0.2) is 20.2 Å². The number of carbonyl (C=O) groups excluding carboxylic acids is 1. The lowest BCUT2D eigenvalue weighted by Crippen LogP contribution is -2.20. The van der Waals surface area contributed by atoms with Crippen LogP contribution in [0.4, 0.5) is 0 Å². The van der Waals surface area contributed by atoms with Crippen molar-refractivity contribution in [3.05, 3.63) is 83.9 Å². The molecule has 0 bridgehead atoms. The van der Waals surface area contributed by atoms with E-state index >= 15 is 0 Å². The number of carbonyl (C=O) groups is 1. The summed E-state index contributed by atoms with van der Waals surface area (Å²) in [6.07, 6.45) is -0.310. The van der Waals surface area contributed by atoms with E-state index in [0.717, 1.165) is 11.1 Å². The zero-order valence-corrected chi connectivity index (χ0v) is 12.9. The minimum absolute atomic E-state index is 0.305. The topological polar surface area (TPSA) is 35.5 Å². The summed E-state index contributed by atoms with van der Waals surface area (Å²) in [5, 5.41) is 0. The molecule has 0 radical (unpaired) electrons. The molecule has 0 saturated heterocycles. The Bertz CT molecular complexity index is 620. The smallest absolute Gasteiger partial charge is 0.333 e. The quantitative estimate of drug-likeness (QED) is 0.599. The molecule has 2 atom stereocenters. The van der Waals surface area contributed by atoms with E-state index in [9.17, 15) is 4.79 Å². The maximum Gasteiger partial charge on any atom is 0.333 e. The van der Waals surface area contributed by atoms with Crippen molar-refractivity contribution in [1.82, 2.24) is 0 Å². The lowest BCUT2D eigenvalue weighted by atomic mass is 9.83. The van der Waals surface area contributed by atoms with E-state index in [-0.39, 0.29) is 12.0 Å². The Morgan fingerprint density at radius 1 is 0.909 bits per heavy atom. The molecule has 0 amide bonds. The predicted molar refractivity (Wildman–Crippen MR) is 86.5 cm³/mol. The van der Waals surface area contributed by atoms with E-state index in [4.69, 9.17) is 9.47 Å². The predicted octanol–water partition coefficient (Wildman–Crippen LogP) is 3.89. The van der Waals surface area contributed by atoms with Gasteiger partial charge in [-0.2, -0.15) is 0 Å². The Morgan fingerprint density at radius 3 is 1.86 bits per heavy atom. The number of ether oxygens (including phenoxy) is 2. The third kappa shape index (κ3) is 3.43. The number of esters is 1. The van der Waals surface area contributed by atoms with Gasteiger partial charge in [0.15, 0.2) is 0 Å². The number of methoxy groups -OCH3 is 2. The first kappa shape index (κ1) is 16.0. The zero-order chi connectivity index (χ0) is 15.9. The van der Waals surface area contributed by atoms with E-state index < -0.39 is 5.97 Å². The molecule has 0 aliphatic heterocycles. The lowest BCUT2D eigenvalue weighted by Gasteiger charge is -2.27. The highest BCUT2D eigenvalue weighted by atomic mass is 16.5. The second kappa shape index (κ2) is 7.57. The molecule has 0 aromatic heterocycles. The Balaban J connectivity index is 2.47. The first-order chi connectivity index (χ1) is 10.7. The van der Waals surface area contributed by atoms with Gasteiger partial charge in [-0.3, -0.25) is 0 Å². The molecule has 2 rings (SSSR count). The molecule has 0 aliphatic carbocycles. The van der Waals surface area contributed by atoms with Crippen LogP contribution in [0.1, 0.15) is 23.1 Å². The molecular formula is C19H20O3. The van der Waals surface area contributed by atoms with Gasteiger partial charge in [0, 0.05) is 18.6 Å². The summed E-state index contributed by atoms with van der Waals surface area (Å²) >= 11 is 0. The molecule has 0 unspecified atom stereocenters. The molecule has 22 heavy (non-hydrogen) atoms. The maximum absolute atomic E-state index is 12.0. The summed E-state index contributed by atoms with van der Waals surface area (Å²) in [5.74, 6) is -0.729. The highest BCUT2D eigenvalue weighted by Gasteiger charge is 2.31. The van der Waals surface area contributed by atoms with Gasteiger partial charge in [-0.05, 0) is 11.1 Å². The van der Waals surface area contributed by atoms with Gasteiger partial charge in [-0.15, -0.1) is 0 Å². The van der Waals surface area contributed by atoms with Crippen LogP contribution in [0, 0.1) is 0 Å². The van der Waals surface area contributed by atoms with Gasteiger partial charge in [0.25, 0.3) is 0 Å². The van der Waals surface area contributed by atoms with Gasteiger partial charge in [0.1, 0.15) is 0 Å². The first-order valence-corrected chi connectivity index (χ1v) is 7.08. The second-order valence-corrected chi connectivity index (χ2v) is 4.97. The van der Waals surface area contributed by atoms with Crippen LogP contribution >= 0.6 is 0 Å². The Labute approximate surface area is 131 Å². The molecule has 0 heterocycles. The van der Waals surface area contributed by atoms with Crippen molar-refractivity contribution in [3.63, 3.8) is 0 Å².